The van der Waals surface area contributed by atoms with Crippen molar-refractivity contribution in [1.82, 2.24) is 14.9 Å². The zero-order valence-corrected chi connectivity index (χ0v) is 13.2. The Hall–Kier alpha value is -2.90. The summed E-state index contributed by atoms with van der Waals surface area (Å²) >= 11 is 0. The third-order valence-electron chi connectivity index (χ3n) is 3.46. The number of rotatable bonds is 3. The normalized spacial score (nSPS) is 12.0. The highest BCUT2D eigenvalue weighted by molar-refractivity contribution is 6.03. The lowest BCUT2D eigenvalue weighted by Crippen LogP contribution is -2.41. The van der Waals surface area contributed by atoms with Crippen molar-refractivity contribution in [2.45, 2.75) is 19.9 Å². The van der Waals surface area contributed by atoms with Gasteiger partial charge < -0.3 is 15.2 Å². The van der Waals surface area contributed by atoms with Crippen molar-refractivity contribution in [2.75, 3.05) is 7.11 Å². The molecule has 1 amide bonds. The third-order valence-corrected chi connectivity index (χ3v) is 3.46. The summed E-state index contributed by atoms with van der Waals surface area (Å²) < 4.78 is 5.68. The molecule has 0 unspecified atom stereocenters. The fraction of sp³-hybridized carbons (Fsp3) is 0.333. The van der Waals surface area contributed by atoms with Gasteiger partial charge in [0.25, 0.3) is 11.5 Å². The highest BCUT2D eigenvalue weighted by Gasteiger charge is 2.25. The topological polar surface area (TPSA) is 111 Å². The molecule has 8 nitrogen and oxygen atoms in total. The molecule has 0 aromatic carbocycles. The molecule has 0 bridgehead atoms. The Kier molecular flexibility index (Phi) is 4.35. The van der Waals surface area contributed by atoms with Crippen LogP contribution in [0.1, 0.15) is 22.8 Å². The molecule has 0 aliphatic rings. The number of hydrogen-bond acceptors (Lipinski definition) is 6. The van der Waals surface area contributed by atoms with Crippen LogP contribution < -0.4 is 10.9 Å². The fourth-order valence-corrected chi connectivity index (χ4v) is 2.21. The van der Waals surface area contributed by atoms with Gasteiger partial charge in [-0.25, -0.2) is 9.78 Å². The smallest absolute Gasteiger partial charge is 0.328 e. The minimum atomic E-state index is -0.956. The first-order valence-corrected chi connectivity index (χ1v) is 6.85. The number of methoxy groups -OCH3 is 1. The van der Waals surface area contributed by atoms with Crippen molar-refractivity contribution in [3.8, 4) is 5.75 Å². The Labute approximate surface area is 131 Å². The number of carbonyl (C=O) groups is 2. The van der Waals surface area contributed by atoms with E-state index in [9.17, 15) is 19.5 Å². The maximum absolute atomic E-state index is 12.3. The summed E-state index contributed by atoms with van der Waals surface area (Å²) in [6.45, 7) is 3.19. The summed E-state index contributed by atoms with van der Waals surface area (Å²) in [6, 6.07) is 0.667. The molecule has 1 atom stereocenters. The quantitative estimate of drug-likeness (QED) is 0.784. The number of fused-ring (bicyclic) bond motifs is 1. The van der Waals surface area contributed by atoms with Crippen LogP contribution >= 0.6 is 0 Å². The number of amides is 1. The molecule has 0 fully saturated rings. The van der Waals surface area contributed by atoms with E-state index in [0.29, 0.717) is 0 Å². The summed E-state index contributed by atoms with van der Waals surface area (Å²) in [4.78, 5) is 40.1. The monoisotopic (exact) mass is 319 g/mol. The lowest BCUT2D eigenvalue weighted by molar-refractivity contribution is -0.142. The Balaban J connectivity index is 2.59. The number of aromatic hydroxyl groups is 1. The zero-order chi connectivity index (χ0) is 17.3. The van der Waals surface area contributed by atoms with E-state index in [1.807, 2.05) is 0 Å². The van der Waals surface area contributed by atoms with Crippen LogP contribution in [0.3, 0.4) is 0 Å². The predicted octanol–water partition coefficient (Wildman–Crippen LogP) is 0.239. The van der Waals surface area contributed by atoms with Crippen molar-refractivity contribution in [3.05, 3.63) is 33.7 Å². The second-order valence-electron chi connectivity index (χ2n) is 5.19. The predicted molar refractivity (Wildman–Crippen MR) is 82.3 cm³/mol. The number of nitrogens with one attached hydrogen (secondary N) is 1. The van der Waals surface area contributed by atoms with Gasteiger partial charge in [-0.1, -0.05) is 0 Å². The molecule has 2 rings (SSSR count). The minimum absolute atomic E-state index is 0.260. The number of esters is 1. The molecule has 0 radical (unpaired) electrons. The number of aromatic nitrogens is 2. The molecule has 122 valence electrons. The van der Waals surface area contributed by atoms with Crippen LogP contribution in [0.15, 0.2) is 17.1 Å². The molecule has 2 heterocycles. The molecule has 0 aliphatic carbocycles. The van der Waals surface area contributed by atoms with Crippen LogP contribution in [0.2, 0.25) is 0 Å². The van der Waals surface area contributed by atoms with E-state index in [1.165, 1.54) is 25.6 Å². The van der Waals surface area contributed by atoms with E-state index < -0.39 is 34.8 Å². The average molecular weight is 319 g/mol. The zero-order valence-electron chi connectivity index (χ0n) is 13.2. The van der Waals surface area contributed by atoms with Crippen LogP contribution in [-0.4, -0.2) is 39.7 Å². The highest BCUT2D eigenvalue weighted by Crippen LogP contribution is 2.25. The van der Waals surface area contributed by atoms with E-state index in [1.54, 1.807) is 19.2 Å². The molecule has 0 aliphatic heterocycles. The first-order valence-electron chi connectivity index (χ1n) is 6.85. The number of aryl methyl sites for hydroxylation is 2. The van der Waals surface area contributed by atoms with Crippen molar-refractivity contribution in [3.63, 3.8) is 0 Å². The summed E-state index contributed by atoms with van der Waals surface area (Å²) in [5, 5.41) is 12.9. The molecule has 2 aromatic rings. The Morgan fingerprint density at radius 2 is 2.09 bits per heavy atom. The van der Waals surface area contributed by atoms with Crippen molar-refractivity contribution in [2.24, 2.45) is 7.05 Å². The average Bonchev–Trinajstić information content (AvgIpc) is 2.51. The van der Waals surface area contributed by atoms with Gasteiger partial charge in [0.15, 0.2) is 0 Å². The molecule has 23 heavy (non-hydrogen) atoms. The van der Waals surface area contributed by atoms with Gasteiger partial charge in [-0.15, -0.1) is 0 Å². The molecular formula is C15H17N3O5. The van der Waals surface area contributed by atoms with E-state index >= 15 is 0 Å². The van der Waals surface area contributed by atoms with Gasteiger partial charge in [0.2, 0.25) is 0 Å². The lowest BCUT2D eigenvalue weighted by atomic mass is 10.1. The lowest BCUT2D eigenvalue weighted by Gasteiger charge is -2.14. The summed E-state index contributed by atoms with van der Waals surface area (Å²) in [5.74, 6) is -1.98. The maximum Gasteiger partial charge on any atom is 0.328 e. The van der Waals surface area contributed by atoms with Crippen LogP contribution in [0, 0.1) is 6.92 Å². The third kappa shape index (κ3) is 2.87. The molecular weight excluding hydrogens is 302 g/mol. The van der Waals surface area contributed by atoms with Crippen molar-refractivity contribution >= 4 is 22.9 Å². The minimum Gasteiger partial charge on any atom is -0.506 e. The van der Waals surface area contributed by atoms with Gasteiger partial charge in [-0.2, -0.15) is 0 Å². The molecule has 0 saturated carbocycles. The van der Waals surface area contributed by atoms with Gasteiger partial charge in [0.05, 0.1) is 12.5 Å². The summed E-state index contributed by atoms with van der Waals surface area (Å²) in [7, 11) is 2.64. The first-order chi connectivity index (χ1) is 10.8. The highest BCUT2D eigenvalue weighted by atomic mass is 16.5. The van der Waals surface area contributed by atoms with Gasteiger partial charge in [0.1, 0.15) is 23.0 Å². The van der Waals surface area contributed by atoms with Crippen LogP contribution in [0.25, 0.3) is 11.0 Å². The molecule has 2 N–H and O–H groups in total. The van der Waals surface area contributed by atoms with E-state index in [2.05, 4.69) is 15.0 Å². The van der Waals surface area contributed by atoms with E-state index in [4.69, 9.17) is 0 Å². The molecule has 0 saturated heterocycles. The first kappa shape index (κ1) is 16.5. The van der Waals surface area contributed by atoms with Crippen molar-refractivity contribution in [1.29, 1.82) is 0 Å². The van der Waals surface area contributed by atoms with Gasteiger partial charge in [-0.05, 0) is 25.5 Å². The van der Waals surface area contributed by atoms with Crippen LogP contribution in [-0.2, 0) is 16.6 Å². The number of hydrogen-bond donors (Lipinski definition) is 2. The summed E-state index contributed by atoms with van der Waals surface area (Å²) in [5.41, 5.74) is -0.125. The van der Waals surface area contributed by atoms with Gasteiger partial charge >= 0.3 is 5.97 Å². The summed E-state index contributed by atoms with van der Waals surface area (Å²) in [6.07, 6.45) is 1.56. The number of nitrogens with zero attached hydrogens (tertiary/aromatic N) is 2. The molecule has 8 heteroatoms. The molecule has 0 spiro atoms. The standard InChI is InChI=1S/C15H17N3O5/c1-7-5-9-11(19)10(13(20)17-8(2)15(22)23-4)14(21)18(3)12(9)16-6-7/h5-6,8,19H,1-4H3,(H,17,20)/t8-/m0/s1. The Morgan fingerprint density at radius 1 is 1.43 bits per heavy atom. The van der Waals surface area contributed by atoms with Crippen LogP contribution in [0.5, 0.6) is 5.75 Å². The SMILES string of the molecule is COC(=O)[C@H](C)NC(=O)c1c(O)c2cc(C)cnc2n(C)c1=O. The Bertz CT molecular complexity index is 856. The number of pyridine rings is 2. The fourth-order valence-electron chi connectivity index (χ4n) is 2.21. The largest absolute Gasteiger partial charge is 0.506 e. The number of carbonyl (C=O) groups excluding carboxylic acids is 2. The van der Waals surface area contributed by atoms with E-state index in [-0.39, 0.29) is 11.0 Å². The Morgan fingerprint density at radius 3 is 2.70 bits per heavy atom. The second kappa shape index (κ2) is 6.07. The van der Waals surface area contributed by atoms with E-state index in [0.717, 1.165) is 5.56 Å². The van der Waals surface area contributed by atoms with Gasteiger partial charge in [0, 0.05) is 13.2 Å². The van der Waals surface area contributed by atoms with Gasteiger partial charge in [-0.3, -0.25) is 14.2 Å². The maximum atomic E-state index is 12.3. The molecule has 2 aromatic heterocycles. The number of ether oxygens (including phenoxy) is 1. The van der Waals surface area contributed by atoms with Crippen molar-refractivity contribution < 1.29 is 19.4 Å². The van der Waals surface area contributed by atoms with Crippen LogP contribution in [0.4, 0.5) is 0 Å². The second-order valence-corrected chi connectivity index (χ2v) is 5.19.